The molecule has 2 amide bonds. The number of H-pyrrole nitrogens is 1. The predicted octanol–water partition coefficient (Wildman–Crippen LogP) is 1.56. The highest BCUT2D eigenvalue weighted by atomic mass is 79.9. The average Bonchev–Trinajstić information content (AvgIpc) is 2.97. The molecule has 0 saturated carbocycles. The zero-order chi connectivity index (χ0) is 15.2. The summed E-state index contributed by atoms with van der Waals surface area (Å²) in [4.78, 5) is 25.4. The van der Waals surface area contributed by atoms with Crippen LogP contribution in [-0.2, 0) is 11.3 Å². The van der Waals surface area contributed by atoms with E-state index in [0.29, 0.717) is 12.1 Å². The lowest BCUT2D eigenvalue weighted by Gasteiger charge is -2.16. The van der Waals surface area contributed by atoms with Crippen LogP contribution < -0.4 is 5.32 Å². The van der Waals surface area contributed by atoms with Crippen molar-refractivity contribution in [1.82, 2.24) is 20.4 Å². The van der Waals surface area contributed by atoms with Gasteiger partial charge in [-0.05, 0) is 18.2 Å². The van der Waals surface area contributed by atoms with Gasteiger partial charge in [-0.2, -0.15) is 5.10 Å². The van der Waals surface area contributed by atoms with E-state index in [1.54, 1.807) is 37.6 Å². The number of likely N-dealkylation sites (N-methyl/N-ethyl adjacent to an activating group) is 1. The lowest BCUT2D eigenvalue weighted by Crippen LogP contribution is -2.37. The fourth-order valence-corrected chi connectivity index (χ4v) is 2.15. The van der Waals surface area contributed by atoms with Gasteiger partial charge in [-0.25, -0.2) is 0 Å². The van der Waals surface area contributed by atoms with Gasteiger partial charge in [-0.15, -0.1) is 0 Å². The van der Waals surface area contributed by atoms with Gasteiger partial charge in [0.2, 0.25) is 5.91 Å². The number of aromatic amines is 1. The van der Waals surface area contributed by atoms with Crippen LogP contribution in [0.3, 0.4) is 0 Å². The molecule has 0 aliphatic heterocycles. The summed E-state index contributed by atoms with van der Waals surface area (Å²) in [5, 5.41) is 9.12. The van der Waals surface area contributed by atoms with Crippen molar-refractivity contribution in [3.05, 3.63) is 52.3 Å². The van der Waals surface area contributed by atoms with E-state index < -0.39 is 0 Å². The molecule has 21 heavy (non-hydrogen) atoms. The monoisotopic (exact) mass is 350 g/mol. The molecule has 0 radical (unpaired) electrons. The quantitative estimate of drug-likeness (QED) is 0.858. The van der Waals surface area contributed by atoms with Crippen molar-refractivity contribution in [1.29, 1.82) is 0 Å². The van der Waals surface area contributed by atoms with Gasteiger partial charge in [0.25, 0.3) is 5.91 Å². The van der Waals surface area contributed by atoms with E-state index in [9.17, 15) is 9.59 Å². The molecule has 2 aromatic rings. The number of carbonyl (C=O) groups excluding carboxylic acids is 2. The SMILES string of the molecule is CN(Cc1cn[nH]c1)C(=O)CNC(=O)c1cccc(Br)c1. The maximum absolute atomic E-state index is 11.9. The number of benzene rings is 1. The molecule has 110 valence electrons. The molecule has 6 nitrogen and oxygen atoms in total. The maximum Gasteiger partial charge on any atom is 0.251 e. The molecule has 0 fully saturated rings. The van der Waals surface area contributed by atoms with Gasteiger partial charge in [-0.3, -0.25) is 14.7 Å². The summed E-state index contributed by atoms with van der Waals surface area (Å²) in [7, 11) is 1.68. The summed E-state index contributed by atoms with van der Waals surface area (Å²) < 4.78 is 0.818. The molecule has 0 spiro atoms. The molecular formula is C14H15BrN4O2. The highest BCUT2D eigenvalue weighted by Crippen LogP contribution is 2.11. The van der Waals surface area contributed by atoms with E-state index >= 15 is 0 Å². The zero-order valence-corrected chi connectivity index (χ0v) is 13.1. The Balaban J connectivity index is 1.84. The molecule has 0 unspecified atom stereocenters. The molecule has 2 N–H and O–H groups in total. The van der Waals surface area contributed by atoms with Crippen molar-refractivity contribution in [2.45, 2.75) is 6.54 Å². The van der Waals surface area contributed by atoms with Crippen LogP contribution in [0.15, 0.2) is 41.1 Å². The maximum atomic E-state index is 11.9. The molecular weight excluding hydrogens is 336 g/mol. The van der Waals surface area contributed by atoms with Gasteiger partial charge in [0.1, 0.15) is 0 Å². The minimum atomic E-state index is -0.277. The van der Waals surface area contributed by atoms with E-state index in [2.05, 4.69) is 31.4 Å². The zero-order valence-electron chi connectivity index (χ0n) is 11.5. The standard InChI is InChI=1S/C14H15BrN4O2/c1-19(9-10-6-17-18-7-10)13(20)8-16-14(21)11-3-2-4-12(15)5-11/h2-7H,8-9H2,1H3,(H,16,21)(H,17,18). The van der Waals surface area contributed by atoms with E-state index in [1.165, 1.54) is 4.90 Å². The Hall–Kier alpha value is -2.15. The summed E-state index contributed by atoms with van der Waals surface area (Å²) >= 11 is 3.30. The first-order valence-corrected chi connectivity index (χ1v) is 7.11. The second-order valence-corrected chi connectivity index (χ2v) is 5.47. The predicted molar refractivity (Wildman–Crippen MR) is 81.5 cm³/mol. The summed E-state index contributed by atoms with van der Waals surface area (Å²) in [6.45, 7) is 0.405. The van der Waals surface area contributed by atoms with E-state index in [-0.39, 0.29) is 18.4 Å². The third kappa shape index (κ3) is 4.42. The third-order valence-corrected chi connectivity index (χ3v) is 3.38. The number of halogens is 1. The lowest BCUT2D eigenvalue weighted by atomic mass is 10.2. The van der Waals surface area contributed by atoms with E-state index in [4.69, 9.17) is 0 Å². The second-order valence-electron chi connectivity index (χ2n) is 4.55. The largest absolute Gasteiger partial charge is 0.343 e. The minimum absolute atomic E-state index is 0.0420. The third-order valence-electron chi connectivity index (χ3n) is 2.89. The van der Waals surface area contributed by atoms with E-state index in [1.807, 2.05) is 6.07 Å². The molecule has 2 rings (SSSR count). The van der Waals surface area contributed by atoms with Crippen LogP contribution in [0.1, 0.15) is 15.9 Å². The number of aromatic nitrogens is 2. The van der Waals surface area contributed by atoms with Crippen molar-refractivity contribution in [2.75, 3.05) is 13.6 Å². The molecule has 1 heterocycles. The van der Waals surface area contributed by atoms with Crippen molar-refractivity contribution in [2.24, 2.45) is 0 Å². The summed E-state index contributed by atoms with van der Waals surface area (Å²) in [6, 6.07) is 7.00. The molecule has 0 aliphatic rings. The van der Waals surface area contributed by atoms with Crippen molar-refractivity contribution < 1.29 is 9.59 Å². The molecule has 0 atom stereocenters. The normalized spacial score (nSPS) is 10.2. The van der Waals surface area contributed by atoms with Gasteiger partial charge in [0.05, 0.1) is 12.7 Å². The van der Waals surface area contributed by atoms with Gasteiger partial charge < -0.3 is 10.2 Å². The van der Waals surface area contributed by atoms with Crippen LogP contribution in [0, 0.1) is 0 Å². The van der Waals surface area contributed by atoms with Crippen molar-refractivity contribution >= 4 is 27.7 Å². The lowest BCUT2D eigenvalue weighted by molar-refractivity contribution is -0.129. The first-order chi connectivity index (χ1) is 10.1. The topological polar surface area (TPSA) is 78.1 Å². The van der Waals surface area contributed by atoms with Crippen LogP contribution in [0.4, 0.5) is 0 Å². The number of hydrogen-bond acceptors (Lipinski definition) is 3. The number of carbonyl (C=O) groups is 2. The van der Waals surface area contributed by atoms with Gasteiger partial charge in [0.15, 0.2) is 0 Å². The Bertz CT molecular complexity index is 628. The molecule has 0 aliphatic carbocycles. The number of nitrogens with one attached hydrogen (secondary N) is 2. The first-order valence-electron chi connectivity index (χ1n) is 6.31. The number of nitrogens with zero attached hydrogens (tertiary/aromatic N) is 2. The highest BCUT2D eigenvalue weighted by molar-refractivity contribution is 9.10. The van der Waals surface area contributed by atoms with Crippen LogP contribution in [0.25, 0.3) is 0 Å². The van der Waals surface area contributed by atoms with Crippen LogP contribution in [0.5, 0.6) is 0 Å². The summed E-state index contributed by atoms with van der Waals surface area (Å²) in [6.07, 6.45) is 3.38. The Kier molecular flexibility index (Phi) is 5.10. The minimum Gasteiger partial charge on any atom is -0.343 e. The average molecular weight is 351 g/mol. The molecule has 0 bridgehead atoms. The summed E-state index contributed by atoms with van der Waals surface area (Å²) in [5.74, 6) is -0.444. The molecule has 7 heteroatoms. The first kappa shape index (κ1) is 15.2. The van der Waals surface area contributed by atoms with Crippen molar-refractivity contribution in [3.63, 3.8) is 0 Å². The van der Waals surface area contributed by atoms with Crippen molar-refractivity contribution in [3.8, 4) is 0 Å². The number of rotatable bonds is 5. The highest BCUT2D eigenvalue weighted by Gasteiger charge is 2.12. The van der Waals surface area contributed by atoms with Gasteiger partial charge >= 0.3 is 0 Å². The summed E-state index contributed by atoms with van der Waals surface area (Å²) in [5.41, 5.74) is 1.42. The van der Waals surface area contributed by atoms with Crippen LogP contribution in [-0.4, -0.2) is 40.5 Å². The smallest absolute Gasteiger partial charge is 0.251 e. The fraction of sp³-hybridized carbons (Fsp3) is 0.214. The number of amides is 2. The van der Waals surface area contributed by atoms with Crippen LogP contribution in [0.2, 0.25) is 0 Å². The second kappa shape index (κ2) is 7.03. The Labute approximate surface area is 130 Å². The Morgan fingerprint density at radius 1 is 1.43 bits per heavy atom. The molecule has 1 aromatic carbocycles. The molecule has 1 aromatic heterocycles. The van der Waals surface area contributed by atoms with Gasteiger partial charge in [0, 0.05) is 35.4 Å². The van der Waals surface area contributed by atoms with Crippen LogP contribution >= 0.6 is 15.9 Å². The fourth-order valence-electron chi connectivity index (χ4n) is 1.75. The number of hydrogen-bond donors (Lipinski definition) is 2. The Morgan fingerprint density at radius 2 is 2.24 bits per heavy atom. The molecule has 0 saturated heterocycles. The van der Waals surface area contributed by atoms with E-state index in [0.717, 1.165) is 10.0 Å². The Morgan fingerprint density at radius 3 is 2.90 bits per heavy atom. The van der Waals surface area contributed by atoms with Gasteiger partial charge in [-0.1, -0.05) is 22.0 Å².